The molecule has 0 saturated carbocycles. The second-order valence-corrected chi connectivity index (χ2v) is 8.86. The molecule has 180 valence electrons. The summed E-state index contributed by atoms with van der Waals surface area (Å²) < 4.78 is 23.1. The molecule has 1 fully saturated rings. The van der Waals surface area contributed by atoms with Gasteiger partial charge < -0.3 is 18.6 Å². The van der Waals surface area contributed by atoms with Gasteiger partial charge in [0.25, 0.3) is 0 Å². The fourth-order valence-electron chi connectivity index (χ4n) is 4.55. The van der Waals surface area contributed by atoms with Crippen LogP contribution < -0.4 is 4.74 Å². The molecule has 1 aliphatic heterocycles. The Kier molecular flexibility index (Phi) is 6.55. The minimum absolute atomic E-state index is 0.264. The van der Waals surface area contributed by atoms with Gasteiger partial charge in [-0.2, -0.15) is 0 Å². The van der Waals surface area contributed by atoms with E-state index in [0.29, 0.717) is 38.6 Å². The van der Waals surface area contributed by atoms with E-state index in [1.807, 2.05) is 68.4 Å². The van der Waals surface area contributed by atoms with Crippen LogP contribution in [0.4, 0.5) is 0 Å². The minimum atomic E-state index is -0.874. The molecule has 0 bridgehead atoms. The summed E-state index contributed by atoms with van der Waals surface area (Å²) in [4.78, 5) is 17.2. The third-order valence-electron chi connectivity index (χ3n) is 6.41. The monoisotopic (exact) mass is 471 g/mol. The normalized spacial score (nSPS) is 17.5. The number of esters is 1. The summed E-state index contributed by atoms with van der Waals surface area (Å²) in [6.07, 6.45) is 2.06. The Morgan fingerprint density at radius 1 is 1.06 bits per heavy atom. The third-order valence-corrected chi connectivity index (χ3v) is 6.41. The van der Waals surface area contributed by atoms with Crippen LogP contribution in [0.15, 0.2) is 71.1 Å². The molecule has 2 heterocycles. The molecular weight excluding hydrogens is 442 g/mol. The molecule has 35 heavy (non-hydrogen) atoms. The van der Waals surface area contributed by atoms with E-state index in [-0.39, 0.29) is 5.97 Å². The Labute approximate surface area is 204 Å². The van der Waals surface area contributed by atoms with Crippen molar-refractivity contribution >= 4 is 16.7 Å². The highest BCUT2D eigenvalue weighted by Crippen LogP contribution is 2.33. The van der Waals surface area contributed by atoms with Gasteiger partial charge in [-0.05, 0) is 67.3 Å². The maximum Gasteiger partial charge on any atom is 0.338 e. The predicted octanol–water partition coefficient (Wildman–Crippen LogP) is 6.04. The molecular formula is C29H29NO5. The molecule has 5 rings (SSSR count). The summed E-state index contributed by atoms with van der Waals surface area (Å²) in [5.41, 5.74) is 1.89. The number of rotatable bonds is 8. The lowest BCUT2D eigenvalue weighted by Crippen LogP contribution is -2.41. The number of fused-ring (bicyclic) bond motifs is 1. The van der Waals surface area contributed by atoms with Gasteiger partial charge in [0.1, 0.15) is 23.8 Å². The molecule has 1 atom stereocenters. The summed E-state index contributed by atoms with van der Waals surface area (Å²) >= 11 is 0. The predicted molar refractivity (Wildman–Crippen MR) is 133 cm³/mol. The zero-order chi connectivity index (χ0) is 24.3. The molecule has 6 heteroatoms. The van der Waals surface area contributed by atoms with E-state index in [2.05, 4.69) is 17.1 Å². The number of ether oxygens (including phenoxy) is 3. The van der Waals surface area contributed by atoms with Crippen molar-refractivity contribution in [1.82, 2.24) is 4.98 Å². The Morgan fingerprint density at radius 3 is 2.63 bits per heavy atom. The van der Waals surface area contributed by atoms with E-state index in [4.69, 9.17) is 18.6 Å². The van der Waals surface area contributed by atoms with Crippen LogP contribution in [0.3, 0.4) is 0 Å². The lowest BCUT2D eigenvalue weighted by Gasteiger charge is -2.26. The first kappa shape index (κ1) is 23.1. The lowest BCUT2D eigenvalue weighted by atomic mass is 9.90. The Morgan fingerprint density at radius 2 is 1.86 bits per heavy atom. The number of hydrogen-bond donors (Lipinski definition) is 0. The van der Waals surface area contributed by atoms with E-state index in [1.165, 1.54) is 0 Å². The molecule has 1 saturated heterocycles. The van der Waals surface area contributed by atoms with Crippen molar-refractivity contribution in [2.45, 2.75) is 45.3 Å². The minimum Gasteiger partial charge on any atom is -0.487 e. The molecule has 3 aromatic carbocycles. The largest absolute Gasteiger partial charge is 0.487 e. The quantitative estimate of drug-likeness (QED) is 0.292. The van der Waals surface area contributed by atoms with Crippen molar-refractivity contribution in [2.24, 2.45) is 0 Å². The highest BCUT2D eigenvalue weighted by Gasteiger charge is 2.44. The van der Waals surface area contributed by atoms with Crippen LogP contribution in [0.25, 0.3) is 22.2 Å². The first-order valence-corrected chi connectivity index (χ1v) is 12.0. The lowest BCUT2D eigenvalue weighted by molar-refractivity contribution is -0.166. The summed E-state index contributed by atoms with van der Waals surface area (Å²) in [6, 6.07) is 22.0. The number of hydrogen-bond acceptors (Lipinski definition) is 6. The van der Waals surface area contributed by atoms with Gasteiger partial charge in [0.2, 0.25) is 5.89 Å². The molecule has 0 aliphatic carbocycles. The molecule has 0 radical (unpaired) electrons. The molecule has 0 spiro atoms. The van der Waals surface area contributed by atoms with Crippen LogP contribution in [-0.4, -0.2) is 29.8 Å². The molecule has 0 amide bonds. The van der Waals surface area contributed by atoms with Crippen LogP contribution in [-0.2, 0) is 27.3 Å². The number of benzene rings is 3. The van der Waals surface area contributed by atoms with Gasteiger partial charge in [-0.25, -0.2) is 9.78 Å². The van der Waals surface area contributed by atoms with Crippen molar-refractivity contribution in [2.75, 3.05) is 13.2 Å². The number of nitrogens with zero attached hydrogens (tertiary/aromatic N) is 1. The zero-order valence-electron chi connectivity index (χ0n) is 20.1. The number of carbonyl (C=O) groups is 1. The Bertz CT molecular complexity index is 1320. The molecule has 1 unspecified atom stereocenters. The number of aromatic nitrogens is 1. The van der Waals surface area contributed by atoms with Crippen LogP contribution in [0, 0.1) is 6.92 Å². The third kappa shape index (κ3) is 4.93. The van der Waals surface area contributed by atoms with Crippen LogP contribution in [0.2, 0.25) is 0 Å². The van der Waals surface area contributed by atoms with Crippen molar-refractivity contribution < 1.29 is 23.4 Å². The average Bonchev–Trinajstić information content (AvgIpc) is 3.51. The highest BCUT2D eigenvalue weighted by molar-refractivity contribution is 5.85. The average molecular weight is 472 g/mol. The van der Waals surface area contributed by atoms with Crippen LogP contribution >= 0.6 is 0 Å². The molecule has 4 aromatic rings. The number of oxazole rings is 1. The Hall–Kier alpha value is -3.64. The van der Waals surface area contributed by atoms with Gasteiger partial charge in [0, 0.05) is 18.6 Å². The van der Waals surface area contributed by atoms with Crippen molar-refractivity contribution in [1.29, 1.82) is 0 Å². The van der Waals surface area contributed by atoms with E-state index in [0.717, 1.165) is 45.5 Å². The molecule has 6 nitrogen and oxygen atoms in total. The standard InChI is InChI=1S/C29H29NO5/c1-3-32-28(31)29(14-7-15-34-29)18-21-10-11-24-17-25(13-12-23(24)16-21)33-19-26-20(2)35-27(30-26)22-8-5-4-6-9-22/h4-6,8-13,16-17H,3,7,14-15,18-19H2,1-2H3. The molecule has 1 aromatic heterocycles. The van der Waals surface area contributed by atoms with Gasteiger partial charge in [-0.15, -0.1) is 0 Å². The van der Waals surface area contributed by atoms with Crippen molar-refractivity contribution in [3.63, 3.8) is 0 Å². The first-order valence-electron chi connectivity index (χ1n) is 12.0. The van der Waals surface area contributed by atoms with Gasteiger partial charge >= 0.3 is 5.97 Å². The highest BCUT2D eigenvalue weighted by atomic mass is 16.6. The zero-order valence-corrected chi connectivity index (χ0v) is 20.1. The van der Waals surface area contributed by atoms with E-state index < -0.39 is 5.60 Å². The summed E-state index contributed by atoms with van der Waals surface area (Å²) in [5, 5.41) is 2.14. The first-order chi connectivity index (χ1) is 17.1. The maximum absolute atomic E-state index is 12.6. The fourth-order valence-corrected chi connectivity index (χ4v) is 4.55. The van der Waals surface area contributed by atoms with E-state index in [1.54, 1.807) is 0 Å². The second kappa shape index (κ2) is 9.92. The molecule has 0 N–H and O–H groups in total. The smallest absolute Gasteiger partial charge is 0.338 e. The summed E-state index contributed by atoms with van der Waals surface area (Å²) in [7, 11) is 0. The summed E-state index contributed by atoms with van der Waals surface area (Å²) in [6.45, 7) is 4.99. The van der Waals surface area contributed by atoms with Crippen LogP contribution in [0.1, 0.15) is 36.8 Å². The van der Waals surface area contributed by atoms with Gasteiger partial charge in [-0.1, -0.05) is 42.5 Å². The number of aryl methyl sites for hydroxylation is 1. The number of carbonyl (C=O) groups excluding carboxylic acids is 1. The maximum atomic E-state index is 12.6. The van der Waals surface area contributed by atoms with Gasteiger partial charge in [0.15, 0.2) is 5.60 Å². The molecule has 1 aliphatic rings. The summed E-state index contributed by atoms with van der Waals surface area (Å²) in [5.74, 6) is 1.84. The van der Waals surface area contributed by atoms with Crippen molar-refractivity contribution in [3.8, 4) is 17.2 Å². The topological polar surface area (TPSA) is 70.8 Å². The van der Waals surface area contributed by atoms with Crippen molar-refractivity contribution in [3.05, 3.63) is 83.7 Å². The SMILES string of the molecule is CCOC(=O)C1(Cc2ccc3cc(OCc4nc(-c5ccccc5)oc4C)ccc3c2)CCCO1. The van der Waals surface area contributed by atoms with Gasteiger partial charge in [0.05, 0.1) is 6.61 Å². The Balaban J connectivity index is 1.29. The van der Waals surface area contributed by atoms with Gasteiger partial charge in [-0.3, -0.25) is 0 Å². The van der Waals surface area contributed by atoms with Crippen LogP contribution in [0.5, 0.6) is 5.75 Å². The second-order valence-electron chi connectivity index (χ2n) is 8.86. The fraction of sp³-hybridized carbons (Fsp3) is 0.310. The van der Waals surface area contributed by atoms with E-state index >= 15 is 0 Å². The van der Waals surface area contributed by atoms with E-state index in [9.17, 15) is 4.79 Å².